The van der Waals surface area contributed by atoms with Gasteiger partial charge in [0.2, 0.25) is 0 Å². The van der Waals surface area contributed by atoms with E-state index in [2.05, 4.69) is 16.0 Å². The van der Waals surface area contributed by atoms with Crippen LogP contribution >= 0.6 is 11.6 Å². The minimum Gasteiger partial charge on any atom is -0.772 e. The monoisotopic (exact) mass is 600 g/mol. The summed E-state index contributed by atoms with van der Waals surface area (Å²) in [5.74, 6) is -0.238. The highest BCUT2D eigenvalue weighted by Gasteiger charge is 2.32. The van der Waals surface area contributed by atoms with Crippen LogP contribution in [0.25, 0.3) is 22.2 Å². The Kier molecular flexibility index (Phi) is 8.42. The van der Waals surface area contributed by atoms with Crippen molar-refractivity contribution in [3.05, 3.63) is 77.1 Å². The molecule has 5 rings (SSSR count). The summed E-state index contributed by atoms with van der Waals surface area (Å²) in [4.78, 5) is 11.6. The second-order valence-corrected chi connectivity index (χ2v) is 10.6. The number of hydrogen-bond acceptors (Lipinski definition) is 8. The molecule has 2 heterocycles. The first kappa shape index (κ1) is 28.8. The Bertz CT molecular complexity index is 1640. The van der Waals surface area contributed by atoms with Crippen LogP contribution < -0.4 is 9.80 Å². The molecule has 1 aliphatic rings. The maximum Gasteiger partial charge on any atom is 0.406 e. The van der Waals surface area contributed by atoms with Crippen LogP contribution in [0.2, 0.25) is 5.02 Å². The molecule has 0 bridgehead atoms. The van der Waals surface area contributed by atoms with Gasteiger partial charge >= 0.3 is 6.18 Å². The highest BCUT2D eigenvalue weighted by Crippen LogP contribution is 2.39. The fraction of sp³-hybridized carbons (Fsp3) is 0.250. The van der Waals surface area contributed by atoms with Gasteiger partial charge in [-0.3, -0.25) is 9.19 Å². The highest BCUT2D eigenvalue weighted by atomic mass is 35.5. The van der Waals surface area contributed by atoms with Gasteiger partial charge in [-0.1, -0.05) is 29.8 Å². The molecule has 4 aromatic rings. The van der Waals surface area contributed by atoms with Gasteiger partial charge in [-0.2, -0.15) is 18.4 Å². The van der Waals surface area contributed by atoms with Gasteiger partial charge in [-0.25, -0.2) is 4.98 Å². The fourth-order valence-corrected chi connectivity index (χ4v) is 5.41. The minimum absolute atomic E-state index is 0.143. The third kappa shape index (κ3) is 6.77. The van der Waals surface area contributed by atoms with Gasteiger partial charge in [0, 0.05) is 24.5 Å². The van der Waals surface area contributed by atoms with E-state index >= 15 is 0 Å². The van der Waals surface area contributed by atoms with Crippen molar-refractivity contribution >= 4 is 50.8 Å². The van der Waals surface area contributed by atoms with E-state index in [0.29, 0.717) is 48.7 Å². The summed E-state index contributed by atoms with van der Waals surface area (Å²) in [7, 11) is 0. The van der Waals surface area contributed by atoms with E-state index in [4.69, 9.17) is 16.3 Å². The Labute approximate surface area is 241 Å². The van der Waals surface area contributed by atoms with Crippen molar-refractivity contribution in [1.29, 1.82) is 5.26 Å². The van der Waals surface area contributed by atoms with E-state index in [0.717, 1.165) is 16.0 Å². The molecule has 0 N–H and O–H groups in total. The van der Waals surface area contributed by atoms with Crippen molar-refractivity contribution in [2.75, 3.05) is 42.6 Å². The van der Waals surface area contributed by atoms with E-state index in [1.54, 1.807) is 42.5 Å². The normalized spacial score (nSPS) is 14.6. The fourth-order valence-electron chi connectivity index (χ4n) is 4.70. The molecule has 1 aliphatic heterocycles. The van der Waals surface area contributed by atoms with E-state index in [9.17, 15) is 27.2 Å². The van der Waals surface area contributed by atoms with Crippen LogP contribution in [-0.2, 0) is 21.6 Å². The lowest BCUT2D eigenvalue weighted by Crippen LogP contribution is -2.37. The van der Waals surface area contributed by atoms with Gasteiger partial charge < -0.3 is 19.1 Å². The van der Waals surface area contributed by atoms with Gasteiger partial charge in [-0.15, -0.1) is 0 Å². The van der Waals surface area contributed by atoms with Gasteiger partial charge in [0.05, 0.1) is 58.2 Å². The van der Waals surface area contributed by atoms with Gasteiger partial charge in [0.25, 0.3) is 0 Å². The number of nitrogens with zero attached hydrogens (tertiary/aromatic N) is 5. The molecular weight excluding hydrogens is 579 g/mol. The summed E-state index contributed by atoms with van der Waals surface area (Å²) in [6.07, 6.45) is -3.14. The number of anilines is 3. The van der Waals surface area contributed by atoms with Gasteiger partial charge in [-0.05, 0) is 58.6 Å². The number of benzene rings is 3. The number of fused-ring (bicyclic) bond motifs is 1. The molecule has 1 atom stereocenters. The average molecular weight is 601 g/mol. The lowest BCUT2D eigenvalue weighted by molar-refractivity contribution is -0.118. The summed E-state index contributed by atoms with van der Waals surface area (Å²) in [5, 5.41) is 10.0. The topological polar surface area (TPSA) is 105 Å². The molecular formula is C28H22ClF3N5O3S-. The molecule has 212 valence electrons. The van der Waals surface area contributed by atoms with Gasteiger partial charge in [0.15, 0.2) is 0 Å². The van der Waals surface area contributed by atoms with Crippen molar-refractivity contribution < 1.29 is 26.7 Å². The Morgan fingerprint density at radius 2 is 1.76 bits per heavy atom. The standard InChI is InChI=1S/C28H23ClF3N5O3S/c29-24-13-23(11-20(14-33)27(24)36-7-9-40-10-8-36)37(17-28(30,31)32)22-4-1-18(2-5-22)19-3-6-25-26(12-19)34-15-21(35-25)16-41(38)39/h1-6,11-13,15H,7-10,16-17H2,(H,38,39)/p-1. The Balaban J connectivity index is 1.47. The predicted octanol–water partition coefficient (Wildman–Crippen LogP) is 5.74. The number of morpholine rings is 1. The molecule has 3 aromatic carbocycles. The van der Waals surface area contributed by atoms with Crippen LogP contribution in [0.1, 0.15) is 11.3 Å². The molecule has 1 unspecified atom stereocenters. The smallest absolute Gasteiger partial charge is 0.406 e. The van der Waals surface area contributed by atoms with Crippen molar-refractivity contribution in [3.63, 3.8) is 0 Å². The zero-order chi connectivity index (χ0) is 29.1. The van der Waals surface area contributed by atoms with Crippen molar-refractivity contribution in [3.8, 4) is 17.2 Å². The lowest BCUT2D eigenvalue weighted by Gasteiger charge is -2.32. The number of nitriles is 1. The summed E-state index contributed by atoms with van der Waals surface area (Å²) in [6, 6.07) is 16.7. The molecule has 41 heavy (non-hydrogen) atoms. The molecule has 1 fully saturated rings. The summed E-state index contributed by atoms with van der Waals surface area (Å²) >= 11 is 4.27. The number of halogens is 4. The third-order valence-corrected chi connectivity index (χ3v) is 7.33. The van der Waals surface area contributed by atoms with Crippen LogP contribution in [0.5, 0.6) is 0 Å². The van der Waals surface area contributed by atoms with Crippen LogP contribution in [0.15, 0.2) is 60.8 Å². The molecule has 13 heteroatoms. The van der Waals surface area contributed by atoms with Crippen LogP contribution in [0, 0.1) is 11.3 Å². The van der Waals surface area contributed by atoms with E-state index in [1.165, 1.54) is 18.3 Å². The van der Waals surface area contributed by atoms with Gasteiger partial charge in [0.1, 0.15) is 12.6 Å². The summed E-state index contributed by atoms with van der Waals surface area (Å²) < 4.78 is 68.4. The van der Waals surface area contributed by atoms with E-state index in [-0.39, 0.29) is 27.7 Å². The first-order chi connectivity index (χ1) is 19.6. The van der Waals surface area contributed by atoms with E-state index < -0.39 is 23.8 Å². The first-order valence-corrected chi connectivity index (χ1v) is 14.1. The van der Waals surface area contributed by atoms with E-state index in [1.807, 2.05) is 4.90 Å². The van der Waals surface area contributed by atoms with Crippen LogP contribution in [-0.4, -0.2) is 57.8 Å². The van der Waals surface area contributed by atoms with Crippen molar-refractivity contribution in [1.82, 2.24) is 9.97 Å². The highest BCUT2D eigenvalue weighted by molar-refractivity contribution is 7.78. The second kappa shape index (κ2) is 12.0. The van der Waals surface area contributed by atoms with Crippen molar-refractivity contribution in [2.24, 2.45) is 0 Å². The first-order valence-electron chi connectivity index (χ1n) is 12.4. The third-order valence-electron chi connectivity index (χ3n) is 6.52. The molecule has 0 aliphatic carbocycles. The van der Waals surface area contributed by atoms with Crippen LogP contribution in [0.4, 0.5) is 30.2 Å². The lowest BCUT2D eigenvalue weighted by atomic mass is 10.0. The Hall–Kier alpha value is -3.76. The van der Waals surface area contributed by atoms with Crippen LogP contribution in [0.3, 0.4) is 0 Å². The number of rotatable bonds is 7. The predicted molar refractivity (Wildman–Crippen MR) is 150 cm³/mol. The zero-order valence-corrected chi connectivity index (χ0v) is 23.0. The second-order valence-electron chi connectivity index (χ2n) is 9.30. The average Bonchev–Trinajstić information content (AvgIpc) is 2.95. The summed E-state index contributed by atoms with van der Waals surface area (Å²) in [6.45, 7) is 0.675. The maximum atomic E-state index is 13.7. The molecule has 0 spiro atoms. The maximum absolute atomic E-state index is 13.7. The largest absolute Gasteiger partial charge is 0.772 e. The molecule has 8 nitrogen and oxygen atoms in total. The summed E-state index contributed by atoms with van der Waals surface area (Å²) in [5.41, 5.74) is 3.95. The zero-order valence-electron chi connectivity index (χ0n) is 21.4. The number of hydrogen-bond donors (Lipinski definition) is 0. The Morgan fingerprint density at radius 1 is 1.05 bits per heavy atom. The molecule has 0 amide bonds. The SMILES string of the molecule is N#Cc1cc(N(CC(F)(F)F)c2ccc(-c3ccc4nc(CS(=O)[O-])cnc4c3)cc2)cc(Cl)c1N1CCOCC1. The molecule has 1 saturated heterocycles. The number of alkyl halides is 3. The number of aromatic nitrogens is 2. The molecule has 0 radical (unpaired) electrons. The molecule has 0 saturated carbocycles. The Morgan fingerprint density at radius 3 is 2.41 bits per heavy atom. The molecule has 1 aromatic heterocycles. The quantitative estimate of drug-likeness (QED) is 0.247. The number of ether oxygens (including phenoxy) is 1. The van der Waals surface area contributed by atoms with Crippen molar-refractivity contribution in [2.45, 2.75) is 11.9 Å². The minimum atomic E-state index is -4.53.